The van der Waals surface area contributed by atoms with Gasteiger partial charge in [-0.25, -0.2) is 4.79 Å². The molecule has 1 saturated heterocycles. The number of amides is 2. The highest BCUT2D eigenvalue weighted by molar-refractivity contribution is 7.80. The average Bonchev–Trinajstić information content (AvgIpc) is 2.40. The van der Waals surface area contributed by atoms with E-state index in [-0.39, 0.29) is 11.6 Å². The largest absolute Gasteiger partial charge is 0.392 e. The number of hydrogen-bond acceptors (Lipinski definition) is 3. The van der Waals surface area contributed by atoms with Crippen molar-refractivity contribution in [1.29, 1.82) is 0 Å². The first-order chi connectivity index (χ1) is 8.84. The van der Waals surface area contributed by atoms with Crippen LogP contribution in [0.1, 0.15) is 27.7 Å². The zero-order valence-electron chi connectivity index (χ0n) is 12.5. The van der Waals surface area contributed by atoms with Crippen LogP contribution in [0, 0.1) is 0 Å². The summed E-state index contributed by atoms with van der Waals surface area (Å²) >= 11 is 5.12. The van der Waals surface area contributed by atoms with Gasteiger partial charge < -0.3 is 15.5 Å². The maximum Gasteiger partial charge on any atom is 0.320 e. The van der Waals surface area contributed by atoms with Crippen LogP contribution in [0.5, 0.6) is 0 Å². The molecule has 6 heteroatoms. The minimum Gasteiger partial charge on any atom is -0.392 e. The maximum atomic E-state index is 12.2. The average molecular weight is 286 g/mol. The lowest BCUT2D eigenvalue weighted by molar-refractivity contribution is 0.0847. The minimum absolute atomic E-state index is 0.137. The molecule has 0 unspecified atom stereocenters. The second-order valence-corrected chi connectivity index (χ2v) is 5.79. The van der Waals surface area contributed by atoms with Crippen molar-refractivity contribution in [3.63, 3.8) is 0 Å². The SMILES string of the molecule is CCN(CC)C(=O)N1CCN(C(C)(C)C(N)=S)CC1. The van der Waals surface area contributed by atoms with Gasteiger partial charge >= 0.3 is 6.03 Å². The fourth-order valence-corrected chi connectivity index (χ4v) is 2.44. The highest BCUT2D eigenvalue weighted by Crippen LogP contribution is 2.18. The molecule has 0 saturated carbocycles. The Morgan fingerprint density at radius 2 is 1.68 bits per heavy atom. The second-order valence-electron chi connectivity index (χ2n) is 5.35. The molecular formula is C13H26N4OS. The third-order valence-electron chi connectivity index (χ3n) is 3.98. The fraction of sp³-hybridized carbons (Fsp3) is 0.846. The third-order valence-corrected chi connectivity index (χ3v) is 4.48. The lowest BCUT2D eigenvalue weighted by Gasteiger charge is -2.44. The van der Waals surface area contributed by atoms with Gasteiger partial charge in [-0.2, -0.15) is 0 Å². The lowest BCUT2D eigenvalue weighted by Crippen LogP contribution is -2.61. The van der Waals surface area contributed by atoms with Gasteiger partial charge in [0.25, 0.3) is 0 Å². The Hall–Kier alpha value is -0.880. The van der Waals surface area contributed by atoms with E-state index >= 15 is 0 Å². The molecule has 1 aliphatic rings. The van der Waals surface area contributed by atoms with Crippen molar-refractivity contribution in [2.75, 3.05) is 39.3 Å². The summed E-state index contributed by atoms with van der Waals surface area (Å²) in [6, 6.07) is 0.137. The molecule has 1 aliphatic heterocycles. The Balaban J connectivity index is 2.58. The number of nitrogens with zero attached hydrogens (tertiary/aromatic N) is 3. The number of hydrogen-bond donors (Lipinski definition) is 1. The number of piperazine rings is 1. The third kappa shape index (κ3) is 3.57. The molecule has 0 bridgehead atoms. The van der Waals surface area contributed by atoms with Crippen molar-refractivity contribution < 1.29 is 4.79 Å². The van der Waals surface area contributed by atoms with Crippen molar-refractivity contribution in [2.45, 2.75) is 33.2 Å². The van der Waals surface area contributed by atoms with E-state index in [4.69, 9.17) is 18.0 Å². The number of urea groups is 1. The van der Waals surface area contributed by atoms with Crippen molar-refractivity contribution in [3.8, 4) is 0 Å². The first kappa shape index (κ1) is 16.2. The van der Waals surface area contributed by atoms with Crippen molar-refractivity contribution in [2.24, 2.45) is 5.73 Å². The summed E-state index contributed by atoms with van der Waals surface area (Å²) in [6.45, 7) is 12.7. The minimum atomic E-state index is -0.278. The molecule has 1 fully saturated rings. The van der Waals surface area contributed by atoms with Gasteiger partial charge in [0.05, 0.1) is 10.5 Å². The summed E-state index contributed by atoms with van der Waals surface area (Å²) in [6.07, 6.45) is 0. The molecule has 2 amide bonds. The first-order valence-corrected chi connectivity index (χ1v) is 7.34. The van der Waals surface area contributed by atoms with Gasteiger partial charge in [0, 0.05) is 39.3 Å². The fourth-order valence-electron chi connectivity index (χ4n) is 2.31. The molecule has 19 heavy (non-hydrogen) atoms. The molecular weight excluding hydrogens is 260 g/mol. The maximum absolute atomic E-state index is 12.2. The van der Waals surface area contributed by atoms with Crippen LogP contribution in [0.2, 0.25) is 0 Å². The van der Waals surface area contributed by atoms with E-state index in [2.05, 4.69) is 4.90 Å². The van der Waals surface area contributed by atoms with E-state index in [0.717, 1.165) is 39.3 Å². The van der Waals surface area contributed by atoms with Crippen molar-refractivity contribution in [3.05, 3.63) is 0 Å². The van der Waals surface area contributed by atoms with Gasteiger partial charge in [0.1, 0.15) is 0 Å². The van der Waals surface area contributed by atoms with E-state index in [1.54, 1.807) is 0 Å². The highest BCUT2D eigenvalue weighted by Gasteiger charge is 2.33. The van der Waals surface area contributed by atoms with Crippen LogP contribution in [0.3, 0.4) is 0 Å². The lowest BCUT2D eigenvalue weighted by atomic mass is 10.0. The van der Waals surface area contributed by atoms with Crippen LogP contribution in [-0.2, 0) is 0 Å². The van der Waals surface area contributed by atoms with Gasteiger partial charge in [0.15, 0.2) is 0 Å². The normalized spacial score (nSPS) is 17.4. The topological polar surface area (TPSA) is 52.8 Å². The van der Waals surface area contributed by atoms with E-state index in [1.807, 2.05) is 37.5 Å². The Morgan fingerprint density at radius 1 is 1.21 bits per heavy atom. The number of thiocarbonyl (C=S) groups is 1. The van der Waals surface area contributed by atoms with E-state index < -0.39 is 0 Å². The predicted octanol–water partition coefficient (Wildman–Crippen LogP) is 1.13. The van der Waals surface area contributed by atoms with Gasteiger partial charge in [-0.3, -0.25) is 4.90 Å². The van der Waals surface area contributed by atoms with Crippen LogP contribution in [-0.4, -0.2) is 70.5 Å². The Morgan fingerprint density at radius 3 is 2.05 bits per heavy atom. The Kier molecular flexibility index (Phi) is 5.55. The molecule has 5 nitrogen and oxygen atoms in total. The van der Waals surface area contributed by atoms with Gasteiger partial charge in [-0.1, -0.05) is 12.2 Å². The van der Waals surface area contributed by atoms with E-state index in [9.17, 15) is 4.79 Å². The number of rotatable bonds is 4. The number of carbonyl (C=O) groups is 1. The monoisotopic (exact) mass is 286 g/mol. The van der Waals surface area contributed by atoms with Crippen LogP contribution in [0.25, 0.3) is 0 Å². The van der Waals surface area contributed by atoms with Crippen LogP contribution in [0.4, 0.5) is 4.79 Å². The first-order valence-electron chi connectivity index (χ1n) is 6.93. The smallest absolute Gasteiger partial charge is 0.320 e. The zero-order valence-corrected chi connectivity index (χ0v) is 13.3. The summed E-state index contributed by atoms with van der Waals surface area (Å²) < 4.78 is 0. The molecule has 1 rings (SSSR count). The van der Waals surface area contributed by atoms with Crippen LogP contribution < -0.4 is 5.73 Å². The molecule has 0 atom stereocenters. The molecule has 0 aliphatic carbocycles. The predicted molar refractivity (Wildman–Crippen MR) is 82.3 cm³/mol. The highest BCUT2D eigenvalue weighted by atomic mass is 32.1. The molecule has 0 spiro atoms. The Labute approximate surface area is 121 Å². The molecule has 1 heterocycles. The van der Waals surface area contributed by atoms with Crippen LogP contribution >= 0.6 is 12.2 Å². The van der Waals surface area contributed by atoms with E-state index in [1.165, 1.54) is 0 Å². The summed E-state index contributed by atoms with van der Waals surface area (Å²) in [5.74, 6) is 0. The molecule has 2 N–H and O–H groups in total. The van der Waals surface area contributed by atoms with Gasteiger partial charge in [-0.15, -0.1) is 0 Å². The number of carbonyl (C=O) groups excluding carboxylic acids is 1. The van der Waals surface area contributed by atoms with E-state index in [0.29, 0.717) is 4.99 Å². The standard InChI is InChI=1S/C13H26N4OS/c1-5-15(6-2)12(18)16-7-9-17(10-8-16)13(3,4)11(14)19/h5-10H2,1-4H3,(H2,14,19). The van der Waals surface area contributed by atoms with Gasteiger partial charge in [-0.05, 0) is 27.7 Å². The molecule has 110 valence electrons. The second kappa shape index (κ2) is 6.52. The quantitative estimate of drug-likeness (QED) is 0.787. The summed E-state index contributed by atoms with van der Waals surface area (Å²) in [5.41, 5.74) is 5.51. The summed E-state index contributed by atoms with van der Waals surface area (Å²) in [4.78, 5) is 18.8. The molecule has 0 aromatic heterocycles. The summed E-state index contributed by atoms with van der Waals surface area (Å²) in [5, 5.41) is 0. The number of nitrogens with two attached hydrogens (primary N) is 1. The molecule has 0 aromatic carbocycles. The van der Waals surface area contributed by atoms with Crippen LogP contribution in [0.15, 0.2) is 0 Å². The van der Waals surface area contributed by atoms with Gasteiger partial charge in [0.2, 0.25) is 0 Å². The van der Waals surface area contributed by atoms with Crippen molar-refractivity contribution >= 4 is 23.2 Å². The summed E-state index contributed by atoms with van der Waals surface area (Å²) in [7, 11) is 0. The molecule has 0 radical (unpaired) electrons. The van der Waals surface area contributed by atoms with Crippen molar-refractivity contribution in [1.82, 2.24) is 14.7 Å². The zero-order chi connectivity index (χ0) is 14.6. The Bertz CT molecular complexity index is 334. The molecule has 0 aromatic rings.